The van der Waals surface area contributed by atoms with Crippen LogP contribution in [0.4, 0.5) is 5.82 Å². The third-order valence-electron chi connectivity index (χ3n) is 2.53. The number of rotatable bonds is 4. The number of hydrogen-bond acceptors (Lipinski definition) is 5. The molecule has 2 aromatic heterocycles. The molecule has 0 unspecified atom stereocenters. The van der Waals surface area contributed by atoms with Gasteiger partial charge in [0.25, 0.3) is 0 Å². The number of nitrogens with zero attached hydrogens (tertiary/aromatic N) is 3. The summed E-state index contributed by atoms with van der Waals surface area (Å²) in [6.07, 6.45) is 0. The zero-order chi connectivity index (χ0) is 13.1. The average Bonchev–Trinajstić information content (AvgIpc) is 2.60. The first-order valence-corrected chi connectivity index (χ1v) is 6.71. The van der Waals surface area contributed by atoms with E-state index in [2.05, 4.69) is 15.3 Å². The summed E-state index contributed by atoms with van der Waals surface area (Å²) in [5, 5.41) is 5.01. The lowest BCUT2D eigenvalue weighted by Crippen LogP contribution is -2.17. The Balaban J connectivity index is 2.31. The Kier molecular flexibility index (Phi) is 3.76. The van der Waals surface area contributed by atoms with Crippen LogP contribution in [0.1, 0.15) is 24.1 Å². The Morgan fingerprint density at radius 1 is 1.39 bits per heavy atom. The molecular weight excluding hydrogens is 248 g/mol. The Labute approximate surface area is 110 Å². The molecule has 6 heteroatoms. The van der Waals surface area contributed by atoms with Crippen molar-refractivity contribution in [3.63, 3.8) is 0 Å². The molecule has 96 valence electrons. The third kappa shape index (κ3) is 2.76. The van der Waals surface area contributed by atoms with E-state index in [0.717, 1.165) is 23.8 Å². The number of aryl methyl sites for hydroxylation is 2. The summed E-state index contributed by atoms with van der Waals surface area (Å²) in [6, 6.07) is 1.90. The van der Waals surface area contributed by atoms with E-state index in [4.69, 9.17) is 0 Å². The Bertz CT molecular complexity index is 602. The predicted molar refractivity (Wildman–Crippen MR) is 73.4 cm³/mol. The molecule has 18 heavy (non-hydrogen) atoms. The monoisotopic (exact) mass is 264 g/mol. The second kappa shape index (κ2) is 5.30. The van der Waals surface area contributed by atoms with Crippen molar-refractivity contribution in [3.05, 3.63) is 38.3 Å². The van der Waals surface area contributed by atoms with Gasteiger partial charge in [-0.05, 0) is 20.8 Å². The van der Waals surface area contributed by atoms with E-state index in [-0.39, 0.29) is 4.87 Å². The lowest BCUT2D eigenvalue weighted by atomic mass is 10.4. The minimum Gasteiger partial charge on any atom is -0.370 e. The molecule has 0 saturated carbocycles. The molecule has 0 aromatic carbocycles. The highest BCUT2D eigenvalue weighted by Crippen LogP contribution is 2.08. The van der Waals surface area contributed by atoms with Gasteiger partial charge in [0, 0.05) is 29.4 Å². The second-order valence-corrected chi connectivity index (χ2v) is 4.89. The second-order valence-electron chi connectivity index (χ2n) is 4.07. The molecule has 0 radical (unpaired) electrons. The fourth-order valence-electron chi connectivity index (χ4n) is 1.71. The molecule has 1 N–H and O–H groups in total. The zero-order valence-electron chi connectivity index (χ0n) is 10.7. The van der Waals surface area contributed by atoms with E-state index in [1.54, 1.807) is 4.57 Å². The predicted octanol–water partition coefficient (Wildman–Crippen LogP) is 1.80. The zero-order valence-corrected chi connectivity index (χ0v) is 11.5. The maximum atomic E-state index is 11.7. The molecule has 0 bridgehead atoms. The first-order valence-electron chi connectivity index (χ1n) is 5.83. The van der Waals surface area contributed by atoms with Crippen molar-refractivity contribution in [1.29, 1.82) is 0 Å². The van der Waals surface area contributed by atoms with Gasteiger partial charge in [0.15, 0.2) is 5.82 Å². The topological polar surface area (TPSA) is 59.8 Å². The van der Waals surface area contributed by atoms with E-state index >= 15 is 0 Å². The first-order chi connectivity index (χ1) is 8.60. The minimum atomic E-state index is 0.0302. The summed E-state index contributed by atoms with van der Waals surface area (Å²) < 4.78 is 1.69. The highest BCUT2D eigenvalue weighted by molar-refractivity contribution is 7.07. The van der Waals surface area contributed by atoms with E-state index in [0.29, 0.717) is 12.4 Å². The van der Waals surface area contributed by atoms with E-state index in [1.165, 1.54) is 11.3 Å². The largest absolute Gasteiger partial charge is 0.370 e. The van der Waals surface area contributed by atoms with Crippen molar-refractivity contribution in [2.45, 2.75) is 27.3 Å². The molecule has 5 nitrogen and oxygen atoms in total. The summed E-state index contributed by atoms with van der Waals surface area (Å²) in [7, 11) is 0. The van der Waals surface area contributed by atoms with Crippen LogP contribution in [0.5, 0.6) is 0 Å². The van der Waals surface area contributed by atoms with Crippen LogP contribution in [0.25, 0.3) is 0 Å². The van der Waals surface area contributed by atoms with Crippen molar-refractivity contribution in [1.82, 2.24) is 14.5 Å². The molecule has 2 rings (SSSR count). The van der Waals surface area contributed by atoms with Crippen molar-refractivity contribution in [3.8, 4) is 0 Å². The lowest BCUT2D eigenvalue weighted by molar-refractivity contribution is 0.708. The van der Waals surface area contributed by atoms with E-state index in [1.807, 2.05) is 32.2 Å². The van der Waals surface area contributed by atoms with Crippen LogP contribution in [0.15, 0.2) is 16.2 Å². The fraction of sp³-hybridized carbons (Fsp3) is 0.417. The van der Waals surface area contributed by atoms with Crippen molar-refractivity contribution in [2.75, 3.05) is 11.9 Å². The highest BCUT2D eigenvalue weighted by atomic mass is 32.1. The summed E-state index contributed by atoms with van der Waals surface area (Å²) in [4.78, 5) is 20.5. The van der Waals surface area contributed by atoms with Gasteiger partial charge in [0.2, 0.25) is 0 Å². The quantitative estimate of drug-likeness (QED) is 0.914. The third-order valence-corrected chi connectivity index (χ3v) is 3.42. The van der Waals surface area contributed by atoms with Gasteiger partial charge < -0.3 is 5.32 Å². The van der Waals surface area contributed by atoms with Crippen molar-refractivity contribution >= 4 is 17.2 Å². The van der Waals surface area contributed by atoms with Crippen LogP contribution in [0.3, 0.4) is 0 Å². The van der Waals surface area contributed by atoms with E-state index < -0.39 is 0 Å². The Morgan fingerprint density at radius 3 is 2.78 bits per heavy atom. The standard InChI is InChI=1S/C12H16N4OS/c1-4-13-10-5-8(2)14-11(15-10)6-16-9(3)7-18-12(16)17/h5,7H,4,6H2,1-3H3,(H,13,14,15). The van der Waals surface area contributed by atoms with Crippen LogP contribution < -0.4 is 10.2 Å². The minimum absolute atomic E-state index is 0.0302. The smallest absolute Gasteiger partial charge is 0.307 e. The fourth-order valence-corrected chi connectivity index (χ4v) is 2.44. The van der Waals surface area contributed by atoms with Crippen LogP contribution >= 0.6 is 11.3 Å². The first kappa shape index (κ1) is 12.8. The molecule has 2 aromatic rings. The summed E-state index contributed by atoms with van der Waals surface area (Å²) >= 11 is 1.21. The summed E-state index contributed by atoms with van der Waals surface area (Å²) in [5.41, 5.74) is 1.84. The molecule has 0 spiro atoms. The maximum absolute atomic E-state index is 11.7. The highest BCUT2D eigenvalue weighted by Gasteiger charge is 2.07. The number of thiazole rings is 1. The molecule has 0 fully saturated rings. The van der Waals surface area contributed by atoms with E-state index in [9.17, 15) is 4.79 Å². The molecule has 0 atom stereocenters. The summed E-state index contributed by atoms with van der Waals surface area (Å²) in [5.74, 6) is 1.47. The van der Waals surface area contributed by atoms with Gasteiger partial charge in [-0.15, -0.1) is 0 Å². The van der Waals surface area contributed by atoms with Crippen LogP contribution in [-0.4, -0.2) is 21.1 Å². The normalized spacial score (nSPS) is 10.6. The SMILES string of the molecule is CCNc1cc(C)nc(Cn2c(C)csc2=O)n1. The molecule has 0 amide bonds. The van der Waals surface area contributed by atoms with Crippen molar-refractivity contribution < 1.29 is 0 Å². The van der Waals surface area contributed by atoms with Gasteiger partial charge in [-0.2, -0.15) is 0 Å². The molecule has 0 saturated heterocycles. The lowest BCUT2D eigenvalue weighted by Gasteiger charge is -2.08. The number of nitrogens with one attached hydrogen (secondary N) is 1. The van der Waals surface area contributed by atoms with Gasteiger partial charge >= 0.3 is 4.87 Å². The molecule has 0 aliphatic heterocycles. The number of anilines is 1. The van der Waals surface area contributed by atoms with Gasteiger partial charge in [-0.1, -0.05) is 11.3 Å². The molecule has 2 heterocycles. The number of hydrogen-bond donors (Lipinski definition) is 1. The summed E-state index contributed by atoms with van der Waals surface area (Å²) in [6.45, 7) is 7.10. The Hall–Kier alpha value is -1.69. The van der Waals surface area contributed by atoms with Gasteiger partial charge in [0.1, 0.15) is 5.82 Å². The molecule has 0 aliphatic rings. The maximum Gasteiger partial charge on any atom is 0.307 e. The van der Waals surface area contributed by atoms with Crippen LogP contribution in [0, 0.1) is 13.8 Å². The van der Waals surface area contributed by atoms with Crippen LogP contribution in [0.2, 0.25) is 0 Å². The van der Waals surface area contributed by atoms with Crippen LogP contribution in [-0.2, 0) is 6.54 Å². The molecular formula is C12H16N4OS. The van der Waals surface area contributed by atoms with Gasteiger partial charge in [0.05, 0.1) is 6.54 Å². The molecule has 0 aliphatic carbocycles. The number of aromatic nitrogens is 3. The van der Waals surface area contributed by atoms with Gasteiger partial charge in [-0.3, -0.25) is 9.36 Å². The Morgan fingerprint density at radius 2 is 2.17 bits per heavy atom. The average molecular weight is 264 g/mol. The van der Waals surface area contributed by atoms with Gasteiger partial charge in [-0.25, -0.2) is 9.97 Å². The van der Waals surface area contributed by atoms with Crippen molar-refractivity contribution in [2.24, 2.45) is 0 Å².